The maximum atomic E-state index is 13.5. The number of aromatic nitrogens is 1. The normalized spacial score (nSPS) is 11.4. The largest absolute Gasteiger partial charge is 0.308 e. The topological polar surface area (TPSA) is 36.4 Å². The van der Waals surface area contributed by atoms with Gasteiger partial charge in [-0.15, -0.1) is 11.8 Å². The first-order valence-corrected chi connectivity index (χ1v) is 11.3. The molecule has 0 spiro atoms. The third kappa shape index (κ3) is 4.57. The van der Waals surface area contributed by atoms with Crippen LogP contribution < -0.4 is 4.90 Å². The van der Waals surface area contributed by atoms with Crippen LogP contribution in [-0.4, -0.2) is 48.7 Å². The average Bonchev–Trinajstić information content (AvgIpc) is 3.06. The lowest BCUT2D eigenvalue weighted by atomic mass is 10.1. The Morgan fingerprint density at radius 1 is 1.14 bits per heavy atom. The fourth-order valence-corrected chi connectivity index (χ4v) is 5.09. The molecule has 3 rings (SSSR count). The van der Waals surface area contributed by atoms with Crippen molar-refractivity contribution in [1.29, 1.82) is 0 Å². The molecule has 3 aromatic rings. The third-order valence-corrected chi connectivity index (χ3v) is 6.46. The van der Waals surface area contributed by atoms with Crippen LogP contribution in [0.15, 0.2) is 41.3 Å². The summed E-state index contributed by atoms with van der Waals surface area (Å²) >= 11 is 3.30. The Morgan fingerprint density at radius 3 is 2.61 bits per heavy atom. The van der Waals surface area contributed by atoms with Crippen molar-refractivity contribution < 1.29 is 4.79 Å². The number of thiazole rings is 1. The zero-order chi connectivity index (χ0) is 20.3. The first kappa shape index (κ1) is 20.8. The molecule has 0 aliphatic heterocycles. The zero-order valence-corrected chi connectivity index (χ0v) is 18.8. The van der Waals surface area contributed by atoms with Crippen LogP contribution in [0.4, 0.5) is 5.13 Å². The highest BCUT2D eigenvalue weighted by atomic mass is 32.2. The lowest BCUT2D eigenvalue weighted by molar-refractivity contribution is 0.0982. The molecule has 0 aliphatic carbocycles. The molecule has 1 heterocycles. The summed E-state index contributed by atoms with van der Waals surface area (Å²) in [7, 11) is 4.05. The van der Waals surface area contributed by atoms with E-state index in [-0.39, 0.29) is 5.91 Å². The van der Waals surface area contributed by atoms with Gasteiger partial charge in [0.15, 0.2) is 5.13 Å². The number of hydrogen-bond donors (Lipinski definition) is 0. The molecule has 2 aromatic carbocycles. The van der Waals surface area contributed by atoms with Crippen LogP contribution in [0, 0.1) is 13.8 Å². The lowest BCUT2D eigenvalue weighted by Gasteiger charge is -2.23. The summed E-state index contributed by atoms with van der Waals surface area (Å²) in [5, 5.41) is 0.770. The van der Waals surface area contributed by atoms with Crippen molar-refractivity contribution in [2.45, 2.75) is 25.7 Å². The van der Waals surface area contributed by atoms with E-state index in [0.29, 0.717) is 6.54 Å². The number of likely N-dealkylation sites (N-methyl/N-ethyl adjacent to an activating group) is 1. The van der Waals surface area contributed by atoms with Gasteiger partial charge in [-0.25, -0.2) is 4.98 Å². The smallest absolute Gasteiger partial charge is 0.261 e. The van der Waals surface area contributed by atoms with Crippen LogP contribution in [0.2, 0.25) is 0 Å². The number of hydrogen-bond acceptors (Lipinski definition) is 5. The van der Waals surface area contributed by atoms with Gasteiger partial charge in [-0.05, 0) is 63.0 Å². The maximum Gasteiger partial charge on any atom is 0.261 e. The van der Waals surface area contributed by atoms with Gasteiger partial charge in [-0.1, -0.05) is 36.5 Å². The molecule has 0 saturated heterocycles. The molecule has 0 atom stereocenters. The Hall–Kier alpha value is -1.89. The highest BCUT2D eigenvalue weighted by molar-refractivity contribution is 7.99. The highest BCUT2D eigenvalue weighted by Gasteiger charge is 2.23. The standard InChI is InChI=1S/C22H27N3OS2/c1-6-27-18-10-8-7-9-17(18)21(26)25(12-11-24(4)5)22-23-20-16(3)13-15(2)14-19(20)28-22/h7-10,13-14H,6,11-12H2,1-5H3. The van der Waals surface area contributed by atoms with Crippen molar-refractivity contribution in [2.75, 3.05) is 37.8 Å². The minimum atomic E-state index is 0.0202. The predicted octanol–water partition coefficient (Wildman–Crippen LogP) is 5.23. The van der Waals surface area contributed by atoms with Crippen LogP contribution in [-0.2, 0) is 0 Å². The SMILES string of the molecule is CCSc1ccccc1C(=O)N(CCN(C)C)c1nc2c(C)cc(C)cc2s1. The van der Waals surface area contributed by atoms with Crippen molar-refractivity contribution in [3.8, 4) is 0 Å². The first-order chi connectivity index (χ1) is 13.4. The fraction of sp³-hybridized carbons (Fsp3) is 0.364. The molecule has 1 amide bonds. The van der Waals surface area contributed by atoms with E-state index < -0.39 is 0 Å². The molecular weight excluding hydrogens is 386 g/mol. The van der Waals surface area contributed by atoms with Gasteiger partial charge in [0, 0.05) is 18.0 Å². The number of amides is 1. The number of aryl methyl sites for hydroxylation is 2. The average molecular weight is 414 g/mol. The van der Waals surface area contributed by atoms with Crippen LogP contribution in [0.5, 0.6) is 0 Å². The van der Waals surface area contributed by atoms with E-state index in [2.05, 4.69) is 37.8 Å². The second kappa shape index (κ2) is 9.07. The summed E-state index contributed by atoms with van der Waals surface area (Å²) in [5.41, 5.74) is 4.11. The summed E-state index contributed by atoms with van der Waals surface area (Å²) in [4.78, 5) is 23.4. The Balaban J connectivity index is 2.04. The lowest BCUT2D eigenvalue weighted by Crippen LogP contribution is -2.37. The van der Waals surface area contributed by atoms with Gasteiger partial charge < -0.3 is 4.90 Å². The molecule has 0 radical (unpaired) electrons. The highest BCUT2D eigenvalue weighted by Crippen LogP contribution is 2.33. The number of nitrogens with zero attached hydrogens (tertiary/aromatic N) is 3. The van der Waals surface area contributed by atoms with E-state index >= 15 is 0 Å². The maximum absolute atomic E-state index is 13.5. The van der Waals surface area contributed by atoms with Crippen LogP contribution >= 0.6 is 23.1 Å². The number of rotatable bonds is 7. The summed E-state index contributed by atoms with van der Waals surface area (Å²) in [5.74, 6) is 0.952. The van der Waals surface area contributed by atoms with Crippen LogP contribution in [0.1, 0.15) is 28.4 Å². The Morgan fingerprint density at radius 2 is 1.89 bits per heavy atom. The minimum Gasteiger partial charge on any atom is -0.308 e. The molecule has 0 bridgehead atoms. The third-order valence-electron chi connectivity index (χ3n) is 4.48. The number of anilines is 1. The van der Waals surface area contributed by atoms with Gasteiger partial charge in [0.1, 0.15) is 0 Å². The van der Waals surface area contributed by atoms with E-state index in [4.69, 9.17) is 4.98 Å². The number of benzene rings is 2. The number of fused-ring (bicyclic) bond motifs is 1. The molecule has 0 fully saturated rings. The minimum absolute atomic E-state index is 0.0202. The van der Waals surface area contributed by atoms with Gasteiger partial charge in [-0.3, -0.25) is 9.69 Å². The number of thioether (sulfide) groups is 1. The molecule has 148 valence electrons. The molecule has 4 nitrogen and oxygen atoms in total. The number of carbonyl (C=O) groups excluding carboxylic acids is 1. The van der Waals surface area contributed by atoms with E-state index in [1.54, 1.807) is 23.1 Å². The second-order valence-corrected chi connectivity index (χ2v) is 9.43. The molecule has 28 heavy (non-hydrogen) atoms. The zero-order valence-electron chi connectivity index (χ0n) is 17.2. The molecule has 0 unspecified atom stereocenters. The molecule has 0 aliphatic rings. The van der Waals surface area contributed by atoms with E-state index in [9.17, 15) is 4.79 Å². The van der Waals surface area contributed by atoms with Crippen molar-refractivity contribution >= 4 is 44.4 Å². The Labute approximate surface area is 175 Å². The predicted molar refractivity (Wildman–Crippen MR) is 122 cm³/mol. The van der Waals surface area contributed by atoms with Crippen molar-refractivity contribution in [3.05, 3.63) is 53.1 Å². The van der Waals surface area contributed by atoms with Crippen molar-refractivity contribution in [2.24, 2.45) is 0 Å². The summed E-state index contributed by atoms with van der Waals surface area (Å²) < 4.78 is 1.13. The Bertz CT molecular complexity index is 981. The van der Waals surface area contributed by atoms with Gasteiger partial charge in [-0.2, -0.15) is 0 Å². The number of carbonyl (C=O) groups is 1. The van der Waals surface area contributed by atoms with Crippen molar-refractivity contribution in [1.82, 2.24) is 9.88 Å². The van der Waals surface area contributed by atoms with Gasteiger partial charge in [0.25, 0.3) is 5.91 Å². The Kier molecular flexibility index (Phi) is 6.75. The van der Waals surface area contributed by atoms with Gasteiger partial charge >= 0.3 is 0 Å². The fourth-order valence-electron chi connectivity index (χ4n) is 3.13. The van der Waals surface area contributed by atoms with Crippen molar-refractivity contribution in [3.63, 3.8) is 0 Å². The quantitative estimate of drug-likeness (QED) is 0.497. The molecule has 1 aromatic heterocycles. The molecule has 0 saturated carbocycles. The van der Waals surface area contributed by atoms with Crippen LogP contribution in [0.25, 0.3) is 10.2 Å². The molecule has 6 heteroatoms. The summed E-state index contributed by atoms with van der Waals surface area (Å²) in [6.07, 6.45) is 0. The molecule has 0 N–H and O–H groups in total. The summed E-state index contributed by atoms with van der Waals surface area (Å²) in [6, 6.07) is 12.2. The van der Waals surface area contributed by atoms with Gasteiger partial charge in [0.05, 0.1) is 15.8 Å². The second-order valence-electron chi connectivity index (χ2n) is 7.11. The monoisotopic (exact) mass is 413 g/mol. The van der Waals surface area contributed by atoms with Crippen LogP contribution in [0.3, 0.4) is 0 Å². The molecular formula is C22H27N3OS2. The van der Waals surface area contributed by atoms with Gasteiger partial charge in [0.2, 0.25) is 0 Å². The van der Waals surface area contributed by atoms with E-state index in [1.165, 1.54) is 5.56 Å². The van der Waals surface area contributed by atoms with E-state index in [0.717, 1.165) is 43.7 Å². The van der Waals surface area contributed by atoms with E-state index in [1.807, 2.05) is 43.3 Å². The summed E-state index contributed by atoms with van der Waals surface area (Å²) in [6.45, 7) is 7.67. The first-order valence-electron chi connectivity index (χ1n) is 9.47.